The summed E-state index contributed by atoms with van der Waals surface area (Å²) in [5.41, 5.74) is 2.75. The molecule has 1 saturated carbocycles. The molecule has 2 aromatic rings. The lowest BCUT2D eigenvalue weighted by Gasteiger charge is -2.33. The van der Waals surface area contributed by atoms with Crippen LogP contribution in [0.1, 0.15) is 44.1 Å². The van der Waals surface area contributed by atoms with Crippen molar-refractivity contribution in [2.75, 3.05) is 17.7 Å². The number of aromatic amines is 1. The van der Waals surface area contributed by atoms with E-state index in [1.54, 1.807) is 4.31 Å². The number of nitrogens with zero attached hydrogens (tertiary/aromatic N) is 2. The van der Waals surface area contributed by atoms with Gasteiger partial charge in [-0.15, -0.1) is 0 Å². The molecule has 5 rings (SSSR count). The zero-order chi connectivity index (χ0) is 20.9. The van der Waals surface area contributed by atoms with Gasteiger partial charge >= 0.3 is 0 Å². The topological polar surface area (TPSA) is 95.2 Å². The molecule has 7 nitrogen and oxygen atoms in total. The third-order valence-electron chi connectivity index (χ3n) is 6.26. The Morgan fingerprint density at radius 1 is 1.30 bits per heavy atom. The van der Waals surface area contributed by atoms with Crippen molar-refractivity contribution in [3.8, 4) is 0 Å². The second-order valence-corrected chi connectivity index (χ2v) is 10.4. The monoisotopic (exact) mass is 432 g/mol. The van der Waals surface area contributed by atoms with Gasteiger partial charge in [0.05, 0.1) is 12.4 Å². The van der Waals surface area contributed by atoms with Gasteiger partial charge in [-0.05, 0) is 61.8 Å². The van der Waals surface area contributed by atoms with Crippen molar-refractivity contribution < 1.29 is 17.6 Å². The first-order chi connectivity index (χ1) is 14.5. The minimum Gasteiger partial charge on any atom is -0.346 e. The van der Waals surface area contributed by atoms with E-state index in [9.17, 15) is 17.6 Å². The third-order valence-corrected chi connectivity index (χ3v) is 8.28. The van der Waals surface area contributed by atoms with Crippen molar-refractivity contribution in [1.82, 2.24) is 14.3 Å². The number of hydrogen-bond donors (Lipinski definition) is 2. The van der Waals surface area contributed by atoms with Crippen LogP contribution in [0.5, 0.6) is 0 Å². The van der Waals surface area contributed by atoms with Gasteiger partial charge in [-0.1, -0.05) is 6.08 Å². The molecular weight excluding hydrogens is 407 g/mol. The van der Waals surface area contributed by atoms with Crippen LogP contribution in [-0.4, -0.2) is 53.1 Å². The lowest BCUT2D eigenvalue weighted by atomic mass is 9.94. The second-order valence-electron chi connectivity index (χ2n) is 8.44. The summed E-state index contributed by atoms with van der Waals surface area (Å²) in [4.78, 5) is 19.9. The van der Waals surface area contributed by atoms with Gasteiger partial charge < -0.3 is 10.3 Å². The van der Waals surface area contributed by atoms with Gasteiger partial charge in [0.15, 0.2) is 0 Å². The van der Waals surface area contributed by atoms with E-state index in [0.717, 1.165) is 42.2 Å². The number of nitrogens with one attached hydrogen (secondary N) is 2. The maximum absolute atomic E-state index is 12.7. The Kier molecular flexibility index (Phi) is 4.89. The van der Waals surface area contributed by atoms with Crippen LogP contribution in [0.25, 0.3) is 16.6 Å². The number of rotatable bonds is 7. The molecule has 2 fully saturated rings. The summed E-state index contributed by atoms with van der Waals surface area (Å²) in [6.07, 6.45) is 7.90. The highest BCUT2D eigenvalue weighted by atomic mass is 32.2. The lowest BCUT2D eigenvalue weighted by molar-refractivity contribution is -0.117. The summed E-state index contributed by atoms with van der Waals surface area (Å²) < 4.78 is 39.6. The highest BCUT2D eigenvalue weighted by molar-refractivity contribution is 7.89. The standard InChI is InChI=1S/C21H25FN4O3S/c22-7-1-9-30(28,29)26-15-4-5-16(26)11-14(10-15)18-12-19(25-21(27)13-2-3-13)24-20-17(18)6-8-23-20/h6,8,10,12-13,15-16H,1-5,7,9,11H2,(H2,23,24,25,27). The smallest absolute Gasteiger partial charge is 0.228 e. The maximum Gasteiger partial charge on any atom is 0.228 e. The summed E-state index contributed by atoms with van der Waals surface area (Å²) >= 11 is 0. The van der Waals surface area contributed by atoms with Crippen LogP contribution in [-0.2, 0) is 14.8 Å². The van der Waals surface area contributed by atoms with Gasteiger partial charge in [0.25, 0.3) is 0 Å². The molecule has 2 unspecified atom stereocenters. The Morgan fingerprint density at radius 2 is 2.13 bits per heavy atom. The number of pyridine rings is 1. The summed E-state index contributed by atoms with van der Waals surface area (Å²) in [6.45, 7) is -0.624. The largest absolute Gasteiger partial charge is 0.346 e. The normalized spacial score (nSPS) is 24.2. The highest BCUT2D eigenvalue weighted by Crippen LogP contribution is 2.42. The van der Waals surface area contributed by atoms with E-state index in [1.807, 2.05) is 24.4 Å². The first-order valence-corrected chi connectivity index (χ1v) is 12.1. The minimum atomic E-state index is -3.47. The Bertz CT molecular complexity index is 1120. The number of amides is 1. The van der Waals surface area contributed by atoms with Gasteiger partial charge in [-0.25, -0.2) is 13.4 Å². The summed E-state index contributed by atoms with van der Waals surface area (Å²) in [5.74, 6) is 0.460. The number of alkyl halides is 1. The van der Waals surface area contributed by atoms with Crippen molar-refractivity contribution in [3.63, 3.8) is 0 Å². The number of H-pyrrole nitrogens is 1. The summed E-state index contributed by atoms with van der Waals surface area (Å²) in [6, 6.07) is 3.55. The molecule has 9 heteroatoms. The van der Waals surface area contributed by atoms with E-state index in [0.29, 0.717) is 17.9 Å². The fourth-order valence-electron chi connectivity index (χ4n) is 4.71. The van der Waals surface area contributed by atoms with E-state index in [2.05, 4.69) is 15.3 Å². The lowest BCUT2D eigenvalue weighted by Crippen LogP contribution is -2.44. The van der Waals surface area contributed by atoms with E-state index >= 15 is 0 Å². The van der Waals surface area contributed by atoms with Crippen LogP contribution in [0.3, 0.4) is 0 Å². The molecule has 2 bridgehead atoms. The molecular formula is C21H25FN4O3S. The van der Waals surface area contributed by atoms with Crippen LogP contribution in [0.2, 0.25) is 0 Å². The van der Waals surface area contributed by atoms with Crippen LogP contribution in [0, 0.1) is 5.92 Å². The van der Waals surface area contributed by atoms with Gasteiger partial charge in [0.1, 0.15) is 11.5 Å². The van der Waals surface area contributed by atoms with Gasteiger partial charge in [-0.2, -0.15) is 4.31 Å². The van der Waals surface area contributed by atoms with Crippen LogP contribution in [0.15, 0.2) is 24.4 Å². The SMILES string of the molecule is O=C(Nc1cc(C2=CC3CCC(C2)N3S(=O)(=O)CCCF)c2cc[nH]c2n1)C1CC1. The first kappa shape index (κ1) is 19.7. The molecule has 1 saturated heterocycles. The number of carbonyl (C=O) groups is 1. The third kappa shape index (κ3) is 3.54. The Hall–Kier alpha value is -2.26. The molecule has 2 atom stereocenters. The fourth-order valence-corrected chi connectivity index (χ4v) is 6.61. The molecule has 0 spiro atoms. The zero-order valence-corrected chi connectivity index (χ0v) is 17.4. The van der Waals surface area contributed by atoms with Gasteiger partial charge in [0, 0.05) is 29.6 Å². The number of carbonyl (C=O) groups excluding carboxylic acids is 1. The average molecular weight is 433 g/mol. The van der Waals surface area contributed by atoms with Crippen molar-refractivity contribution in [2.24, 2.45) is 5.92 Å². The fraction of sp³-hybridized carbons (Fsp3) is 0.524. The predicted octanol–water partition coefficient (Wildman–Crippen LogP) is 3.22. The number of halogens is 1. The molecule has 2 aromatic heterocycles. The van der Waals surface area contributed by atoms with Crippen LogP contribution < -0.4 is 5.32 Å². The molecule has 160 valence electrons. The predicted molar refractivity (Wildman–Crippen MR) is 113 cm³/mol. The second kappa shape index (κ2) is 7.46. The van der Waals surface area contributed by atoms with Crippen molar-refractivity contribution in [1.29, 1.82) is 0 Å². The van der Waals surface area contributed by atoms with Crippen molar-refractivity contribution in [3.05, 3.63) is 30.0 Å². The van der Waals surface area contributed by atoms with Gasteiger partial charge in [-0.3, -0.25) is 9.18 Å². The Morgan fingerprint density at radius 3 is 2.87 bits per heavy atom. The molecule has 1 amide bonds. The molecule has 2 N–H and O–H groups in total. The summed E-state index contributed by atoms with van der Waals surface area (Å²) in [5, 5.41) is 3.88. The Balaban J connectivity index is 1.48. The summed E-state index contributed by atoms with van der Waals surface area (Å²) in [7, 11) is -3.47. The van der Waals surface area contributed by atoms with Crippen molar-refractivity contribution in [2.45, 2.75) is 50.6 Å². The molecule has 3 aliphatic rings. The molecule has 0 aromatic carbocycles. The van der Waals surface area contributed by atoms with Crippen molar-refractivity contribution >= 4 is 38.4 Å². The van der Waals surface area contributed by atoms with Crippen LogP contribution in [0.4, 0.5) is 10.2 Å². The maximum atomic E-state index is 12.7. The first-order valence-electron chi connectivity index (χ1n) is 10.5. The zero-order valence-electron chi connectivity index (χ0n) is 16.6. The molecule has 0 radical (unpaired) electrons. The van der Waals surface area contributed by atoms with Gasteiger partial charge in [0.2, 0.25) is 15.9 Å². The number of hydrogen-bond acceptors (Lipinski definition) is 4. The number of sulfonamides is 1. The van der Waals surface area contributed by atoms with E-state index in [4.69, 9.17) is 0 Å². The highest BCUT2D eigenvalue weighted by Gasteiger charge is 2.43. The number of anilines is 1. The number of aromatic nitrogens is 2. The van der Waals surface area contributed by atoms with E-state index in [1.165, 1.54) is 0 Å². The molecule has 2 aliphatic heterocycles. The van der Waals surface area contributed by atoms with E-state index in [-0.39, 0.29) is 36.1 Å². The number of fused-ring (bicyclic) bond motifs is 3. The minimum absolute atomic E-state index is 0.00202. The van der Waals surface area contributed by atoms with Crippen LogP contribution >= 0.6 is 0 Å². The molecule has 30 heavy (non-hydrogen) atoms. The Labute approximate surface area is 174 Å². The molecule has 4 heterocycles. The average Bonchev–Trinajstić information content (AvgIpc) is 3.40. The van der Waals surface area contributed by atoms with E-state index < -0.39 is 16.7 Å². The molecule has 1 aliphatic carbocycles. The quantitative estimate of drug-likeness (QED) is 0.702.